The van der Waals surface area contributed by atoms with Crippen molar-refractivity contribution in [3.05, 3.63) is 30.0 Å². The fourth-order valence-electron chi connectivity index (χ4n) is 1.36. The number of H-pyrrole nitrogens is 1. The van der Waals surface area contributed by atoms with Gasteiger partial charge < -0.3 is 10.2 Å². The predicted molar refractivity (Wildman–Crippen MR) is 48.7 cm³/mol. The molecule has 0 aliphatic heterocycles. The zero-order valence-corrected chi connectivity index (χ0v) is 7.14. The summed E-state index contributed by atoms with van der Waals surface area (Å²) in [6.07, 6.45) is -0.00657. The minimum Gasteiger partial charge on any atom is -0.479 e. The number of carboxylic acids is 1. The number of fused-ring (bicyclic) bond motifs is 1. The summed E-state index contributed by atoms with van der Waals surface area (Å²) in [6.45, 7) is 0. The van der Waals surface area contributed by atoms with Crippen LogP contribution in [0.25, 0.3) is 10.9 Å². The van der Waals surface area contributed by atoms with Crippen molar-refractivity contribution >= 4 is 16.9 Å². The van der Waals surface area contributed by atoms with E-state index in [-0.39, 0.29) is 0 Å². The van der Waals surface area contributed by atoms with Crippen LogP contribution >= 0.6 is 0 Å². The first kappa shape index (κ1) is 8.71. The van der Waals surface area contributed by atoms with Crippen LogP contribution in [-0.2, 0) is 4.79 Å². The third-order valence-corrected chi connectivity index (χ3v) is 2.05. The van der Waals surface area contributed by atoms with Crippen LogP contribution in [0.3, 0.4) is 0 Å². The van der Waals surface area contributed by atoms with Crippen molar-refractivity contribution in [2.45, 2.75) is 6.10 Å². The molecule has 0 bridgehead atoms. The fraction of sp³-hybridized carbons (Fsp3) is 0.111. The molecule has 72 valence electrons. The van der Waals surface area contributed by atoms with Gasteiger partial charge in [0.15, 0.2) is 6.10 Å². The molecule has 1 aromatic heterocycles. The van der Waals surface area contributed by atoms with Crippen LogP contribution in [0.1, 0.15) is 11.7 Å². The van der Waals surface area contributed by atoms with E-state index in [1.165, 1.54) is 6.20 Å². The molecule has 3 N–H and O–H groups in total. The van der Waals surface area contributed by atoms with Crippen molar-refractivity contribution in [3.8, 4) is 0 Å². The fourth-order valence-corrected chi connectivity index (χ4v) is 1.36. The number of aromatic nitrogens is 2. The lowest BCUT2D eigenvalue weighted by Gasteiger charge is -2.05. The van der Waals surface area contributed by atoms with Gasteiger partial charge in [-0.2, -0.15) is 5.10 Å². The van der Waals surface area contributed by atoms with Gasteiger partial charge in [0.05, 0.1) is 11.7 Å². The molecule has 0 spiro atoms. The van der Waals surface area contributed by atoms with Crippen LogP contribution in [0.15, 0.2) is 24.4 Å². The molecule has 5 nitrogen and oxygen atoms in total. The van der Waals surface area contributed by atoms with Crippen molar-refractivity contribution in [2.24, 2.45) is 0 Å². The Labute approximate surface area is 79.0 Å². The van der Waals surface area contributed by atoms with Gasteiger partial charge >= 0.3 is 5.97 Å². The summed E-state index contributed by atoms with van der Waals surface area (Å²) in [5.41, 5.74) is 1.06. The average Bonchev–Trinajstić information content (AvgIpc) is 2.63. The molecule has 0 saturated carbocycles. The summed E-state index contributed by atoms with van der Waals surface area (Å²) >= 11 is 0. The second-order valence-electron chi connectivity index (χ2n) is 2.92. The van der Waals surface area contributed by atoms with E-state index in [0.29, 0.717) is 16.5 Å². The first-order chi connectivity index (χ1) is 6.70. The summed E-state index contributed by atoms with van der Waals surface area (Å²) in [5.74, 6) is -1.27. The number of aliphatic carboxylic acids is 1. The molecule has 0 radical (unpaired) electrons. The molecule has 1 heterocycles. The van der Waals surface area contributed by atoms with Gasteiger partial charge in [0.25, 0.3) is 0 Å². The van der Waals surface area contributed by atoms with Gasteiger partial charge in [-0.05, 0) is 6.07 Å². The van der Waals surface area contributed by atoms with Crippen LogP contribution in [0.5, 0.6) is 0 Å². The molecule has 5 heteroatoms. The van der Waals surface area contributed by atoms with Gasteiger partial charge in [0.2, 0.25) is 0 Å². The molecule has 0 fully saturated rings. The van der Waals surface area contributed by atoms with Gasteiger partial charge in [-0.3, -0.25) is 5.10 Å². The van der Waals surface area contributed by atoms with E-state index >= 15 is 0 Å². The second kappa shape index (κ2) is 3.12. The predicted octanol–water partition coefficient (Wildman–Crippen LogP) is 0.681. The summed E-state index contributed by atoms with van der Waals surface area (Å²) in [4.78, 5) is 10.6. The number of nitrogens with zero attached hydrogens (tertiary/aromatic N) is 1. The summed E-state index contributed by atoms with van der Waals surface area (Å²) in [5, 5.41) is 25.1. The molecule has 2 rings (SSSR count). The van der Waals surface area contributed by atoms with E-state index in [1.54, 1.807) is 18.2 Å². The Morgan fingerprint density at radius 2 is 2.29 bits per heavy atom. The number of benzene rings is 1. The Hall–Kier alpha value is -1.88. The minimum absolute atomic E-state index is 0.351. The maximum atomic E-state index is 10.6. The molecule has 0 amide bonds. The lowest BCUT2D eigenvalue weighted by atomic mass is 10.1. The molecular weight excluding hydrogens is 184 g/mol. The molecule has 2 aromatic rings. The quantitative estimate of drug-likeness (QED) is 0.653. The lowest BCUT2D eigenvalue weighted by Crippen LogP contribution is -2.10. The molecular formula is C9H8N2O3. The number of aliphatic hydroxyl groups is 1. The topological polar surface area (TPSA) is 86.2 Å². The van der Waals surface area contributed by atoms with E-state index in [0.717, 1.165) is 0 Å². The van der Waals surface area contributed by atoms with Crippen molar-refractivity contribution in [1.29, 1.82) is 0 Å². The van der Waals surface area contributed by atoms with Crippen molar-refractivity contribution in [1.82, 2.24) is 10.2 Å². The van der Waals surface area contributed by atoms with Crippen LogP contribution in [-0.4, -0.2) is 26.4 Å². The van der Waals surface area contributed by atoms with E-state index in [4.69, 9.17) is 5.11 Å². The number of rotatable bonds is 2. The van der Waals surface area contributed by atoms with Crippen molar-refractivity contribution < 1.29 is 15.0 Å². The maximum absolute atomic E-state index is 10.6. The van der Waals surface area contributed by atoms with Gasteiger partial charge in [0, 0.05) is 10.9 Å². The number of aliphatic hydroxyl groups excluding tert-OH is 1. The Morgan fingerprint density at radius 1 is 1.50 bits per heavy atom. The molecule has 1 unspecified atom stereocenters. The highest BCUT2D eigenvalue weighted by Crippen LogP contribution is 2.22. The van der Waals surface area contributed by atoms with Gasteiger partial charge in [-0.15, -0.1) is 0 Å². The number of hydrogen-bond acceptors (Lipinski definition) is 3. The zero-order valence-electron chi connectivity index (χ0n) is 7.14. The smallest absolute Gasteiger partial charge is 0.337 e. The zero-order chi connectivity index (χ0) is 10.1. The molecule has 14 heavy (non-hydrogen) atoms. The SMILES string of the molecule is O=C(O)C(O)c1cccc2[nH]ncc12. The van der Waals surface area contributed by atoms with Crippen LogP contribution in [0, 0.1) is 0 Å². The number of nitrogens with one attached hydrogen (secondary N) is 1. The lowest BCUT2D eigenvalue weighted by molar-refractivity contribution is -0.146. The molecule has 0 aliphatic rings. The van der Waals surface area contributed by atoms with Gasteiger partial charge in [0.1, 0.15) is 0 Å². The first-order valence-corrected chi connectivity index (χ1v) is 4.03. The Morgan fingerprint density at radius 3 is 3.00 bits per heavy atom. The highest BCUT2D eigenvalue weighted by atomic mass is 16.4. The van der Waals surface area contributed by atoms with Crippen LogP contribution in [0.4, 0.5) is 0 Å². The normalized spacial score (nSPS) is 12.9. The van der Waals surface area contributed by atoms with Gasteiger partial charge in [-0.25, -0.2) is 4.79 Å². The largest absolute Gasteiger partial charge is 0.479 e. The number of carbonyl (C=O) groups is 1. The maximum Gasteiger partial charge on any atom is 0.337 e. The number of aromatic amines is 1. The minimum atomic E-state index is -1.50. The Balaban J connectivity index is 2.61. The van der Waals surface area contributed by atoms with Crippen LogP contribution < -0.4 is 0 Å². The number of carboxylic acid groups (broad SMARTS) is 1. The monoisotopic (exact) mass is 192 g/mol. The third-order valence-electron chi connectivity index (χ3n) is 2.05. The Bertz CT molecular complexity index is 478. The van der Waals surface area contributed by atoms with E-state index in [2.05, 4.69) is 10.2 Å². The molecule has 0 aliphatic carbocycles. The Kier molecular flexibility index (Phi) is 1.94. The summed E-state index contributed by atoms with van der Waals surface area (Å²) in [7, 11) is 0. The third kappa shape index (κ3) is 1.23. The standard InChI is InChI=1S/C9H8N2O3/c12-8(9(13)14)5-2-1-3-7-6(5)4-10-11-7/h1-4,8,12H,(H,10,11)(H,13,14). The van der Waals surface area contributed by atoms with Gasteiger partial charge in [-0.1, -0.05) is 12.1 Å². The molecule has 0 saturated heterocycles. The van der Waals surface area contributed by atoms with E-state index in [9.17, 15) is 9.90 Å². The van der Waals surface area contributed by atoms with Crippen LogP contribution in [0.2, 0.25) is 0 Å². The van der Waals surface area contributed by atoms with E-state index in [1.807, 2.05) is 0 Å². The molecule has 1 aromatic carbocycles. The van der Waals surface area contributed by atoms with Crippen molar-refractivity contribution in [2.75, 3.05) is 0 Å². The average molecular weight is 192 g/mol. The second-order valence-corrected chi connectivity index (χ2v) is 2.92. The van der Waals surface area contributed by atoms with Crippen molar-refractivity contribution in [3.63, 3.8) is 0 Å². The molecule has 1 atom stereocenters. The highest BCUT2D eigenvalue weighted by Gasteiger charge is 2.18. The summed E-state index contributed by atoms with van der Waals surface area (Å²) < 4.78 is 0. The number of hydrogen-bond donors (Lipinski definition) is 3. The van der Waals surface area contributed by atoms with E-state index < -0.39 is 12.1 Å². The first-order valence-electron chi connectivity index (χ1n) is 4.03. The summed E-state index contributed by atoms with van der Waals surface area (Å²) in [6, 6.07) is 5.00. The highest BCUT2D eigenvalue weighted by molar-refractivity contribution is 5.87.